The lowest BCUT2D eigenvalue weighted by molar-refractivity contribution is 0.102. The molecule has 0 fully saturated rings. The lowest BCUT2D eigenvalue weighted by atomic mass is 10.0. The lowest BCUT2D eigenvalue weighted by Crippen LogP contribution is -2.06. The minimum atomic E-state index is -0.310. The van der Waals surface area contributed by atoms with Gasteiger partial charge in [-0.1, -0.05) is 15.9 Å². The Morgan fingerprint density at radius 2 is 2.07 bits per heavy atom. The van der Waals surface area contributed by atoms with Gasteiger partial charge in [0.05, 0.1) is 5.33 Å². The molecular formula is C11H12BrFOS. The molecule has 0 saturated heterocycles. The molecule has 4 heteroatoms. The van der Waals surface area contributed by atoms with Gasteiger partial charge in [0.1, 0.15) is 5.82 Å². The van der Waals surface area contributed by atoms with Gasteiger partial charge in [0.2, 0.25) is 0 Å². The van der Waals surface area contributed by atoms with Gasteiger partial charge in [-0.2, -0.15) is 0 Å². The number of halogens is 2. The zero-order valence-electron chi connectivity index (χ0n) is 8.86. The van der Waals surface area contributed by atoms with Crippen LogP contribution in [-0.2, 0) is 0 Å². The minimum Gasteiger partial charge on any atom is -0.293 e. The average molecular weight is 291 g/mol. The van der Waals surface area contributed by atoms with Gasteiger partial charge in [-0.25, -0.2) is 4.39 Å². The summed E-state index contributed by atoms with van der Waals surface area (Å²) in [5, 5.41) is 0.228. The summed E-state index contributed by atoms with van der Waals surface area (Å²) in [6.07, 6.45) is 1.83. The molecule has 82 valence electrons. The largest absolute Gasteiger partial charge is 0.293 e. The fourth-order valence-electron chi connectivity index (χ4n) is 1.46. The van der Waals surface area contributed by atoms with Crippen LogP contribution in [0.15, 0.2) is 11.0 Å². The third-order valence-electron chi connectivity index (χ3n) is 2.42. The topological polar surface area (TPSA) is 17.1 Å². The molecule has 1 aromatic carbocycles. The van der Waals surface area contributed by atoms with E-state index in [1.807, 2.05) is 20.1 Å². The molecular weight excluding hydrogens is 279 g/mol. The van der Waals surface area contributed by atoms with E-state index in [9.17, 15) is 9.18 Å². The van der Waals surface area contributed by atoms with Crippen LogP contribution >= 0.6 is 27.7 Å². The summed E-state index contributed by atoms with van der Waals surface area (Å²) in [4.78, 5) is 12.1. The van der Waals surface area contributed by atoms with Crippen LogP contribution in [0.3, 0.4) is 0 Å². The first kappa shape index (κ1) is 12.7. The van der Waals surface area contributed by atoms with E-state index in [1.54, 1.807) is 0 Å². The van der Waals surface area contributed by atoms with Gasteiger partial charge in [0, 0.05) is 10.5 Å². The van der Waals surface area contributed by atoms with Crippen LogP contribution in [0.2, 0.25) is 0 Å². The number of thioether (sulfide) groups is 1. The number of rotatable bonds is 3. The SMILES string of the molecule is CSc1c(F)cc(C(=O)CBr)c(C)c1C. The summed E-state index contributed by atoms with van der Waals surface area (Å²) in [6.45, 7) is 3.69. The van der Waals surface area contributed by atoms with E-state index in [-0.39, 0.29) is 16.9 Å². The predicted molar refractivity (Wildman–Crippen MR) is 65.8 cm³/mol. The molecule has 0 bridgehead atoms. The third kappa shape index (κ3) is 2.42. The van der Waals surface area contributed by atoms with Crippen molar-refractivity contribution < 1.29 is 9.18 Å². The number of carbonyl (C=O) groups excluding carboxylic acids is 1. The number of benzene rings is 1. The molecule has 0 radical (unpaired) electrons. The normalized spacial score (nSPS) is 10.5. The van der Waals surface area contributed by atoms with Crippen molar-refractivity contribution >= 4 is 33.5 Å². The maximum atomic E-state index is 13.6. The van der Waals surface area contributed by atoms with Gasteiger partial charge in [-0.3, -0.25) is 4.79 Å². The Labute approximate surface area is 102 Å². The molecule has 15 heavy (non-hydrogen) atoms. The maximum Gasteiger partial charge on any atom is 0.173 e. The lowest BCUT2D eigenvalue weighted by Gasteiger charge is -2.11. The molecule has 0 aliphatic heterocycles. The summed E-state index contributed by atoms with van der Waals surface area (Å²) < 4.78 is 13.6. The summed E-state index contributed by atoms with van der Waals surface area (Å²) in [5.74, 6) is -0.392. The number of hydrogen-bond acceptors (Lipinski definition) is 2. The molecule has 0 aromatic heterocycles. The van der Waals surface area contributed by atoms with E-state index in [1.165, 1.54) is 17.8 Å². The van der Waals surface area contributed by atoms with E-state index >= 15 is 0 Å². The van der Waals surface area contributed by atoms with Crippen LogP contribution in [-0.4, -0.2) is 17.4 Å². The van der Waals surface area contributed by atoms with Crippen molar-refractivity contribution in [3.8, 4) is 0 Å². The van der Waals surface area contributed by atoms with Crippen molar-refractivity contribution in [2.24, 2.45) is 0 Å². The summed E-state index contributed by atoms with van der Waals surface area (Å²) in [5.41, 5.74) is 2.19. The fraction of sp³-hybridized carbons (Fsp3) is 0.364. The Bertz CT molecular complexity index is 404. The zero-order chi connectivity index (χ0) is 11.6. The van der Waals surface area contributed by atoms with Crippen LogP contribution in [0.25, 0.3) is 0 Å². The van der Waals surface area contributed by atoms with Crippen molar-refractivity contribution in [1.29, 1.82) is 0 Å². The number of carbonyl (C=O) groups is 1. The van der Waals surface area contributed by atoms with E-state index in [2.05, 4.69) is 15.9 Å². The molecule has 0 aliphatic carbocycles. The Morgan fingerprint density at radius 3 is 2.53 bits per heavy atom. The second-order valence-corrected chi connectivity index (χ2v) is 4.62. The smallest absolute Gasteiger partial charge is 0.173 e. The molecule has 0 unspecified atom stereocenters. The van der Waals surface area contributed by atoms with E-state index < -0.39 is 0 Å². The zero-order valence-corrected chi connectivity index (χ0v) is 11.3. The highest BCUT2D eigenvalue weighted by molar-refractivity contribution is 9.09. The molecule has 1 rings (SSSR count). The van der Waals surface area contributed by atoms with Crippen molar-refractivity contribution in [3.05, 3.63) is 28.6 Å². The first-order chi connectivity index (χ1) is 7.02. The summed E-state index contributed by atoms with van der Waals surface area (Å²) in [7, 11) is 0. The summed E-state index contributed by atoms with van der Waals surface area (Å²) >= 11 is 4.46. The van der Waals surface area contributed by atoms with Crippen LogP contribution < -0.4 is 0 Å². The van der Waals surface area contributed by atoms with E-state index in [0.717, 1.165) is 11.1 Å². The first-order valence-electron chi connectivity index (χ1n) is 4.45. The molecule has 0 N–H and O–H groups in total. The number of ketones is 1. The van der Waals surface area contributed by atoms with Gasteiger partial charge in [-0.05, 0) is 37.3 Å². The van der Waals surface area contributed by atoms with Crippen LogP contribution in [0.1, 0.15) is 21.5 Å². The monoisotopic (exact) mass is 290 g/mol. The van der Waals surface area contributed by atoms with Crippen LogP contribution in [0.4, 0.5) is 4.39 Å². The molecule has 0 spiro atoms. The van der Waals surface area contributed by atoms with Crippen molar-refractivity contribution in [3.63, 3.8) is 0 Å². The molecule has 0 saturated carbocycles. The Kier molecular flexibility index (Phi) is 4.34. The minimum absolute atomic E-state index is 0.0813. The molecule has 1 aromatic rings. The summed E-state index contributed by atoms with van der Waals surface area (Å²) in [6, 6.07) is 1.33. The Hall–Kier alpha value is -0.350. The fourth-order valence-corrected chi connectivity index (χ4v) is 2.48. The number of hydrogen-bond donors (Lipinski definition) is 0. The second kappa shape index (κ2) is 5.12. The third-order valence-corrected chi connectivity index (χ3v) is 3.84. The van der Waals surface area contributed by atoms with E-state index in [4.69, 9.17) is 0 Å². The Balaban J connectivity index is 3.40. The van der Waals surface area contributed by atoms with Crippen molar-refractivity contribution in [2.45, 2.75) is 18.7 Å². The predicted octanol–water partition coefficient (Wildman–Crippen LogP) is 3.74. The molecule has 1 nitrogen and oxygen atoms in total. The van der Waals surface area contributed by atoms with Crippen LogP contribution in [0.5, 0.6) is 0 Å². The quantitative estimate of drug-likeness (QED) is 0.479. The van der Waals surface area contributed by atoms with Gasteiger partial charge >= 0.3 is 0 Å². The second-order valence-electron chi connectivity index (χ2n) is 3.25. The molecule has 0 aliphatic rings. The van der Waals surface area contributed by atoms with Gasteiger partial charge in [0.25, 0.3) is 0 Å². The number of Topliss-reactive ketones (excluding diaryl/α,β-unsaturated/α-hetero) is 1. The standard InChI is InChI=1S/C11H12BrFOS/c1-6-7(2)11(15-3)9(13)4-8(6)10(14)5-12/h4H,5H2,1-3H3. The Morgan fingerprint density at radius 1 is 1.47 bits per heavy atom. The average Bonchev–Trinajstić information content (AvgIpc) is 2.23. The highest BCUT2D eigenvalue weighted by Gasteiger charge is 2.15. The van der Waals surface area contributed by atoms with E-state index in [0.29, 0.717) is 10.5 Å². The van der Waals surface area contributed by atoms with Crippen molar-refractivity contribution in [2.75, 3.05) is 11.6 Å². The highest BCUT2D eigenvalue weighted by atomic mass is 79.9. The molecule has 0 amide bonds. The maximum absolute atomic E-state index is 13.6. The highest BCUT2D eigenvalue weighted by Crippen LogP contribution is 2.28. The molecule has 0 atom stereocenters. The molecule has 0 heterocycles. The van der Waals surface area contributed by atoms with Gasteiger partial charge in [-0.15, -0.1) is 11.8 Å². The van der Waals surface area contributed by atoms with Crippen molar-refractivity contribution in [1.82, 2.24) is 0 Å². The van der Waals surface area contributed by atoms with Gasteiger partial charge < -0.3 is 0 Å². The van der Waals surface area contributed by atoms with Crippen LogP contribution in [0, 0.1) is 19.7 Å². The first-order valence-corrected chi connectivity index (χ1v) is 6.80. The van der Waals surface area contributed by atoms with Gasteiger partial charge in [0.15, 0.2) is 5.78 Å². The number of alkyl halides is 1.